The number of carboxylic acids is 2. The van der Waals surface area contributed by atoms with Crippen molar-refractivity contribution >= 4 is 17.6 Å². The molecule has 0 aromatic heterocycles. The van der Waals surface area contributed by atoms with Crippen molar-refractivity contribution in [1.82, 2.24) is 0 Å². The number of benzene rings is 1. The summed E-state index contributed by atoms with van der Waals surface area (Å²) in [6.07, 6.45) is 0.877. The average Bonchev–Trinajstić information content (AvgIpc) is 2.37. The highest BCUT2D eigenvalue weighted by Crippen LogP contribution is 2.34. The fourth-order valence-electron chi connectivity index (χ4n) is 1.37. The SMILES string of the molecule is COc1cccc(NC=C(C(=O)O)C(=O)O)c1OC. The molecule has 1 aromatic rings. The van der Waals surface area contributed by atoms with E-state index in [4.69, 9.17) is 19.7 Å². The van der Waals surface area contributed by atoms with E-state index in [2.05, 4.69) is 5.32 Å². The van der Waals surface area contributed by atoms with Gasteiger partial charge in [-0.25, -0.2) is 9.59 Å². The molecule has 0 aliphatic heterocycles. The first-order valence-corrected chi connectivity index (χ1v) is 5.15. The van der Waals surface area contributed by atoms with Crippen molar-refractivity contribution in [3.63, 3.8) is 0 Å². The number of carbonyl (C=O) groups is 2. The van der Waals surface area contributed by atoms with Crippen LogP contribution in [-0.4, -0.2) is 36.4 Å². The molecule has 0 fully saturated rings. The number of rotatable bonds is 6. The molecule has 0 saturated carbocycles. The van der Waals surface area contributed by atoms with E-state index in [1.807, 2.05) is 0 Å². The first-order chi connectivity index (χ1) is 9.01. The second kappa shape index (κ2) is 6.29. The normalized spacial score (nSPS) is 9.37. The minimum absolute atomic E-state index is 0.344. The van der Waals surface area contributed by atoms with Crippen LogP contribution < -0.4 is 14.8 Å². The number of anilines is 1. The smallest absolute Gasteiger partial charge is 0.344 e. The molecule has 0 radical (unpaired) electrons. The van der Waals surface area contributed by atoms with Crippen LogP contribution in [0.4, 0.5) is 5.69 Å². The molecule has 7 nitrogen and oxygen atoms in total. The van der Waals surface area contributed by atoms with Gasteiger partial charge in [0.2, 0.25) is 0 Å². The van der Waals surface area contributed by atoms with Crippen molar-refractivity contribution in [3.8, 4) is 11.5 Å². The summed E-state index contributed by atoms with van der Waals surface area (Å²) >= 11 is 0. The van der Waals surface area contributed by atoms with Crippen LogP contribution in [0.5, 0.6) is 11.5 Å². The van der Waals surface area contributed by atoms with Crippen LogP contribution in [0.15, 0.2) is 30.0 Å². The molecule has 0 heterocycles. The summed E-state index contributed by atoms with van der Waals surface area (Å²) in [7, 11) is 2.87. The van der Waals surface area contributed by atoms with Crippen molar-refractivity contribution in [3.05, 3.63) is 30.0 Å². The van der Waals surface area contributed by atoms with Gasteiger partial charge in [0.05, 0.1) is 19.9 Å². The predicted octanol–water partition coefficient (Wildman–Crippen LogP) is 1.17. The van der Waals surface area contributed by atoms with Crippen LogP contribution in [0.2, 0.25) is 0 Å². The summed E-state index contributed by atoms with van der Waals surface area (Å²) < 4.78 is 10.2. The summed E-state index contributed by atoms with van der Waals surface area (Å²) in [5.74, 6) is -2.30. The summed E-state index contributed by atoms with van der Waals surface area (Å²) in [5, 5.41) is 20.0. The molecule has 7 heteroatoms. The third-order valence-corrected chi connectivity index (χ3v) is 2.24. The fourth-order valence-corrected chi connectivity index (χ4v) is 1.37. The van der Waals surface area contributed by atoms with Crippen molar-refractivity contribution < 1.29 is 29.3 Å². The van der Waals surface area contributed by atoms with Crippen LogP contribution in [0.1, 0.15) is 0 Å². The highest BCUT2D eigenvalue weighted by molar-refractivity contribution is 6.12. The monoisotopic (exact) mass is 267 g/mol. The lowest BCUT2D eigenvalue weighted by molar-refractivity contribution is -0.140. The van der Waals surface area contributed by atoms with Gasteiger partial charge in [0.25, 0.3) is 0 Å². The van der Waals surface area contributed by atoms with Gasteiger partial charge in [-0.2, -0.15) is 0 Å². The standard InChI is InChI=1S/C12H13NO6/c1-18-9-5-3-4-8(10(9)19-2)13-6-7(11(14)15)12(16)17/h3-6,13H,1-2H3,(H,14,15)(H,16,17). The number of aliphatic carboxylic acids is 2. The lowest BCUT2D eigenvalue weighted by Gasteiger charge is -2.12. The zero-order valence-corrected chi connectivity index (χ0v) is 10.3. The summed E-state index contributed by atoms with van der Waals surface area (Å²) in [5.41, 5.74) is -0.397. The van der Waals surface area contributed by atoms with Crippen molar-refractivity contribution in [2.45, 2.75) is 0 Å². The van der Waals surface area contributed by atoms with Gasteiger partial charge >= 0.3 is 11.9 Å². The second-order valence-corrected chi connectivity index (χ2v) is 3.35. The van der Waals surface area contributed by atoms with E-state index >= 15 is 0 Å². The maximum absolute atomic E-state index is 10.7. The van der Waals surface area contributed by atoms with E-state index in [0.717, 1.165) is 6.20 Å². The molecule has 3 N–H and O–H groups in total. The Morgan fingerprint density at radius 3 is 2.26 bits per heavy atom. The molecular formula is C12H13NO6. The predicted molar refractivity (Wildman–Crippen MR) is 66.5 cm³/mol. The Hall–Kier alpha value is -2.70. The van der Waals surface area contributed by atoms with Crippen LogP contribution in [-0.2, 0) is 9.59 Å². The molecule has 1 aromatic carbocycles. The maximum Gasteiger partial charge on any atom is 0.344 e. The summed E-state index contributed by atoms with van der Waals surface area (Å²) in [6, 6.07) is 4.90. The molecular weight excluding hydrogens is 254 g/mol. The number of methoxy groups -OCH3 is 2. The number of hydrogen-bond donors (Lipinski definition) is 3. The fraction of sp³-hybridized carbons (Fsp3) is 0.167. The van der Waals surface area contributed by atoms with E-state index in [1.165, 1.54) is 14.2 Å². The van der Waals surface area contributed by atoms with Gasteiger partial charge in [0, 0.05) is 6.20 Å². The Bertz CT molecular complexity index is 507. The highest BCUT2D eigenvalue weighted by Gasteiger charge is 2.16. The Labute approximate surface area is 109 Å². The maximum atomic E-state index is 10.7. The van der Waals surface area contributed by atoms with Crippen LogP contribution in [0.25, 0.3) is 0 Å². The van der Waals surface area contributed by atoms with Gasteiger partial charge < -0.3 is 25.0 Å². The molecule has 0 spiro atoms. The lowest BCUT2D eigenvalue weighted by atomic mass is 10.2. The topological polar surface area (TPSA) is 105 Å². The molecule has 0 aliphatic carbocycles. The number of carboxylic acid groups (broad SMARTS) is 2. The van der Waals surface area contributed by atoms with Crippen LogP contribution in [0, 0.1) is 0 Å². The molecule has 19 heavy (non-hydrogen) atoms. The lowest BCUT2D eigenvalue weighted by Crippen LogP contribution is -2.13. The van der Waals surface area contributed by atoms with Gasteiger partial charge in [-0.05, 0) is 12.1 Å². The van der Waals surface area contributed by atoms with Crippen molar-refractivity contribution in [2.24, 2.45) is 0 Å². The van der Waals surface area contributed by atoms with E-state index in [-0.39, 0.29) is 0 Å². The number of hydrogen-bond acceptors (Lipinski definition) is 5. The number of para-hydroxylation sites is 1. The largest absolute Gasteiger partial charge is 0.493 e. The Morgan fingerprint density at radius 1 is 1.16 bits per heavy atom. The van der Waals surface area contributed by atoms with Gasteiger partial charge in [-0.3, -0.25) is 0 Å². The van der Waals surface area contributed by atoms with Crippen LogP contribution >= 0.6 is 0 Å². The molecule has 0 amide bonds. The van der Waals surface area contributed by atoms with E-state index in [9.17, 15) is 9.59 Å². The van der Waals surface area contributed by atoms with Gasteiger partial charge in [-0.1, -0.05) is 6.07 Å². The average molecular weight is 267 g/mol. The molecule has 102 valence electrons. The first-order valence-electron chi connectivity index (χ1n) is 5.15. The molecule has 1 rings (SSSR count). The minimum Gasteiger partial charge on any atom is -0.493 e. The van der Waals surface area contributed by atoms with Crippen molar-refractivity contribution in [1.29, 1.82) is 0 Å². The minimum atomic E-state index is -1.54. The van der Waals surface area contributed by atoms with E-state index in [1.54, 1.807) is 18.2 Å². The van der Waals surface area contributed by atoms with Gasteiger partial charge in [0.15, 0.2) is 17.1 Å². The first kappa shape index (κ1) is 14.4. The van der Waals surface area contributed by atoms with E-state index < -0.39 is 17.5 Å². The second-order valence-electron chi connectivity index (χ2n) is 3.35. The van der Waals surface area contributed by atoms with Gasteiger partial charge in [-0.15, -0.1) is 0 Å². The van der Waals surface area contributed by atoms with Crippen molar-refractivity contribution in [2.75, 3.05) is 19.5 Å². The quantitative estimate of drug-likeness (QED) is 0.403. The van der Waals surface area contributed by atoms with Gasteiger partial charge in [0.1, 0.15) is 0 Å². The molecule has 0 unspecified atom stereocenters. The molecule has 0 bridgehead atoms. The third kappa shape index (κ3) is 3.38. The Balaban J connectivity index is 3.09. The van der Waals surface area contributed by atoms with Crippen LogP contribution in [0.3, 0.4) is 0 Å². The number of nitrogens with one attached hydrogen (secondary N) is 1. The Morgan fingerprint density at radius 2 is 1.79 bits per heavy atom. The number of ether oxygens (including phenoxy) is 2. The Kier molecular flexibility index (Phi) is 4.76. The zero-order chi connectivity index (χ0) is 14.4. The molecule has 0 aliphatic rings. The summed E-state index contributed by atoms with van der Waals surface area (Å²) in [4.78, 5) is 21.4. The molecule has 0 saturated heterocycles. The van der Waals surface area contributed by atoms with E-state index in [0.29, 0.717) is 17.2 Å². The molecule has 0 atom stereocenters. The highest BCUT2D eigenvalue weighted by atomic mass is 16.5. The third-order valence-electron chi connectivity index (χ3n) is 2.24. The zero-order valence-electron chi connectivity index (χ0n) is 10.3. The summed E-state index contributed by atoms with van der Waals surface area (Å²) in [6.45, 7) is 0.